The molecule has 1 heterocycles. The summed E-state index contributed by atoms with van der Waals surface area (Å²) in [6, 6.07) is 6.23. The summed E-state index contributed by atoms with van der Waals surface area (Å²) in [5, 5.41) is 0.200. The van der Waals surface area contributed by atoms with Gasteiger partial charge in [-0.15, -0.1) is 11.6 Å². The van der Waals surface area contributed by atoms with Crippen LogP contribution in [0.4, 0.5) is 10.2 Å². The maximum atomic E-state index is 13.8. The predicted octanol–water partition coefficient (Wildman–Crippen LogP) is 3.54. The van der Waals surface area contributed by atoms with Crippen LogP contribution in [0.2, 0.25) is 0 Å². The van der Waals surface area contributed by atoms with E-state index in [2.05, 4.69) is 9.97 Å². The number of rotatable bonds is 3. The van der Waals surface area contributed by atoms with E-state index >= 15 is 0 Å². The van der Waals surface area contributed by atoms with Crippen LogP contribution in [0, 0.1) is 5.82 Å². The molecule has 0 aliphatic heterocycles. The molecule has 1 aromatic carbocycles. The van der Waals surface area contributed by atoms with Gasteiger partial charge in [0, 0.05) is 23.8 Å². The zero-order chi connectivity index (χ0) is 13.8. The monoisotopic (exact) mass is 297 g/mol. The Balaban J connectivity index is 2.61. The Morgan fingerprint density at radius 1 is 1.21 bits per heavy atom. The van der Waals surface area contributed by atoms with E-state index in [1.54, 1.807) is 18.2 Å². The average Bonchev–Trinajstić information content (AvgIpc) is 2.42. The van der Waals surface area contributed by atoms with Crippen molar-refractivity contribution in [3.8, 4) is 0 Å². The number of nitrogens with two attached hydrogens (primary N) is 1. The first kappa shape index (κ1) is 13.8. The second kappa shape index (κ2) is 5.99. The number of hydrogen-bond acceptors (Lipinski definition) is 3. The number of nitrogen functional groups attached to an aromatic ring is 1. The molecular formula is C13H10Cl2FN3. The third kappa shape index (κ3) is 2.85. The summed E-state index contributed by atoms with van der Waals surface area (Å²) in [4.78, 5) is 7.94. The first-order chi connectivity index (χ1) is 9.15. The molecule has 0 atom stereocenters. The van der Waals surface area contributed by atoms with Gasteiger partial charge in [-0.25, -0.2) is 14.4 Å². The van der Waals surface area contributed by atoms with Crippen molar-refractivity contribution in [3.63, 3.8) is 0 Å². The van der Waals surface area contributed by atoms with E-state index < -0.39 is 5.82 Å². The molecule has 0 fully saturated rings. The second-order valence-electron chi connectivity index (χ2n) is 3.70. The lowest BCUT2D eigenvalue weighted by atomic mass is 10.1. The lowest BCUT2D eigenvalue weighted by molar-refractivity contribution is 0.624. The molecule has 2 aromatic rings. The minimum Gasteiger partial charge on any atom is -0.382 e. The van der Waals surface area contributed by atoms with Gasteiger partial charge in [-0.1, -0.05) is 29.8 Å². The summed E-state index contributed by atoms with van der Waals surface area (Å²) >= 11 is 12.1. The van der Waals surface area contributed by atoms with E-state index in [0.29, 0.717) is 16.8 Å². The van der Waals surface area contributed by atoms with Gasteiger partial charge in [-0.2, -0.15) is 0 Å². The molecule has 19 heavy (non-hydrogen) atoms. The molecule has 0 aliphatic carbocycles. The fraction of sp³-hybridized carbons (Fsp3) is 0.0769. The Hall–Kier alpha value is -1.65. The highest BCUT2D eigenvalue weighted by Gasteiger charge is 2.15. The van der Waals surface area contributed by atoms with E-state index in [4.69, 9.17) is 28.9 Å². The Labute approximate surface area is 119 Å². The Morgan fingerprint density at radius 2 is 1.89 bits per heavy atom. The van der Waals surface area contributed by atoms with Crippen LogP contribution in [0.5, 0.6) is 0 Å². The van der Waals surface area contributed by atoms with Crippen LogP contribution in [0.1, 0.15) is 11.3 Å². The molecule has 6 heteroatoms. The third-order valence-electron chi connectivity index (χ3n) is 2.53. The number of halogens is 3. The molecule has 0 radical (unpaired) electrons. The van der Waals surface area contributed by atoms with Crippen molar-refractivity contribution < 1.29 is 4.39 Å². The Bertz CT molecular complexity index is 629. The first-order valence-electron chi connectivity index (χ1n) is 5.41. The summed E-state index contributed by atoms with van der Waals surface area (Å²) in [6.45, 7) is 0. The summed E-state index contributed by atoms with van der Waals surface area (Å²) in [6.07, 6.45) is 2.91. The molecule has 0 bridgehead atoms. The number of nitrogens with zero attached hydrogens (tertiary/aromatic N) is 2. The summed E-state index contributed by atoms with van der Waals surface area (Å²) < 4.78 is 13.8. The van der Waals surface area contributed by atoms with Crippen molar-refractivity contribution in [1.82, 2.24) is 9.97 Å². The van der Waals surface area contributed by atoms with Gasteiger partial charge in [0.2, 0.25) is 0 Å². The number of alkyl halides is 1. The molecule has 0 spiro atoms. The van der Waals surface area contributed by atoms with E-state index in [0.717, 1.165) is 0 Å². The van der Waals surface area contributed by atoms with Crippen LogP contribution in [-0.2, 0) is 0 Å². The zero-order valence-electron chi connectivity index (χ0n) is 9.78. The van der Waals surface area contributed by atoms with Crippen LogP contribution >= 0.6 is 23.2 Å². The summed E-state index contributed by atoms with van der Waals surface area (Å²) in [5.74, 6) is -0.194. The fourth-order valence-electron chi connectivity index (χ4n) is 1.62. The number of hydrogen-bond donors (Lipinski definition) is 1. The van der Waals surface area contributed by atoms with Crippen molar-refractivity contribution in [2.24, 2.45) is 0 Å². The summed E-state index contributed by atoms with van der Waals surface area (Å²) in [5.41, 5.74) is 6.75. The van der Waals surface area contributed by atoms with Gasteiger partial charge >= 0.3 is 0 Å². The van der Waals surface area contributed by atoms with Crippen LogP contribution in [-0.4, -0.2) is 15.8 Å². The van der Waals surface area contributed by atoms with Crippen molar-refractivity contribution in [2.75, 3.05) is 11.6 Å². The van der Waals surface area contributed by atoms with E-state index in [1.165, 1.54) is 18.5 Å². The number of anilines is 1. The van der Waals surface area contributed by atoms with Crippen LogP contribution in [0.15, 0.2) is 36.7 Å². The van der Waals surface area contributed by atoms with Crippen LogP contribution in [0.25, 0.3) is 10.6 Å². The lowest BCUT2D eigenvalue weighted by Gasteiger charge is -2.10. The third-order valence-corrected chi connectivity index (χ3v) is 3.21. The highest BCUT2D eigenvalue weighted by atomic mass is 35.5. The molecule has 2 N–H and O–H groups in total. The van der Waals surface area contributed by atoms with E-state index in [9.17, 15) is 4.39 Å². The van der Waals surface area contributed by atoms with Gasteiger partial charge < -0.3 is 5.73 Å². The minimum atomic E-state index is -0.404. The number of allylic oxidation sites excluding steroid dienone is 1. The van der Waals surface area contributed by atoms with Crippen molar-refractivity contribution in [1.29, 1.82) is 0 Å². The topological polar surface area (TPSA) is 51.8 Å². The van der Waals surface area contributed by atoms with E-state index in [1.807, 2.05) is 0 Å². The van der Waals surface area contributed by atoms with E-state index in [-0.39, 0.29) is 16.7 Å². The van der Waals surface area contributed by atoms with Gasteiger partial charge in [0.25, 0.3) is 0 Å². The smallest absolute Gasteiger partial charge is 0.150 e. The van der Waals surface area contributed by atoms with Crippen molar-refractivity contribution in [2.45, 2.75) is 0 Å². The summed E-state index contributed by atoms with van der Waals surface area (Å²) in [7, 11) is 0. The standard InChI is InChI=1S/C13H10Cl2FN3/c14-7-9(8-3-1-2-4-10(8)16)11(15)12-13(17)19-6-5-18-12/h1-6H,7H2,(H2,17,19)/b11-9-. The quantitative estimate of drug-likeness (QED) is 0.882. The normalized spacial score (nSPS) is 12.2. The molecule has 0 saturated heterocycles. The molecule has 2 rings (SSSR count). The zero-order valence-corrected chi connectivity index (χ0v) is 11.3. The number of aromatic nitrogens is 2. The molecular weight excluding hydrogens is 288 g/mol. The predicted molar refractivity (Wildman–Crippen MR) is 76.2 cm³/mol. The van der Waals surface area contributed by atoms with Gasteiger partial charge in [-0.05, 0) is 11.6 Å². The average molecular weight is 298 g/mol. The SMILES string of the molecule is Nc1nccnc1/C(Cl)=C(\CCl)c1ccccc1F. The minimum absolute atomic E-state index is 0.0375. The highest BCUT2D eigenvalue weighted by Crippen LogP contribution is 2.32. The molecule has 0 saturated carbocycles. The van der Waals surface area contributed by atoms with Crippen LogP contribution < -0.4 is 5.73 Å². The first-order valence-corrected chi connectivity index (χ1v) is 6.32. The largest absolute Gasteiger partial charge is 0.382 e. The van der Waals surface area contributed by atoms with Crippen molar-refractivity contribution in [3.05, 3.63) is 53.7 Å². The second-order valence-corrected chi connectivity index (χ2v) is 4.34. The Morgan fingerprint density at radius 3 is 2.53 bits per heavy atom. The van der Waals surface area contributed by atoms with Crippen LogP contribution in [0.3, 0.4) is 0 Å². The molecule has 0 amide bonds. The number of benzene rings is 1. The molecule has 0 aliphatic rings. The highest BCUT2D eigenvalue weighted by molar-refractivity contribution is 6.53. The molecule has 3 nitrogen and oxygen atoms in total. The van der Waals surface area contributed by atoms with Gasteiger partial charge in [0.05, 0.1) is 5.03 Å². The van der Waals surface area contributed by atoms with Crippen molar-refractivity contribution >= 4 is 39.6 Å². The van der Waals surface area contributed by atoms with Gasteiger partial charge in [-0.3, -0.25) is 0 Å². The maximum absolute atomic E-state index is 13.8. The molecule has 1 aromatic heterocycles. The molecule has 0 unspecified atom stereocenters. The maximum Gasteiger partial charge on any atom is 0.150 e. The Kier molecular flexibility index (Phi) is 4.35. The van der Waals surface area contributed by atoms with Gasteiger partial charge in [0.15, 0.2) is 5.82 Å². The van der Waals surface area contributed by atoms with Gasteiger partial charge in [0.1, 0.15) is 11.5 Å². The lowest BCUT2D eigenvalue weighted by Crippen LogP contribution is -2.00. The fourth-order valence-corrected chi connectivity index (χ4v) is 2.28. The molecule has 98 valence electrons.